The number of hydrogen-bond donors (Lipinski definition) is 2. The Labute approximate surface area is 174 Å². The van der Waals surface area contributed by atoms with E-state index in [1.54, 1.807) is 0 Å². The Balaban J connectivity index is 1.67. The fourth-order valence-electron chi connectivity index (χ4n) is 3.69. The van der Waals surface area contributed by atoms with Crippen LogP contribution in [-0.2, 0) is 18.4 Å². The van der Waals surface area contributed by atoms with Crippen LogP contribution in [0.2, 0.25) is 5.15 Å². The molecule has 1 aromatic carbocycles. The van der Waals surface area contributed by atoms with Crippen LogP contribution in [0, 0.1) is 11.6 Å². The SMILES string of the molecule is CN1CCC2(COc3c(c(Cl)n(C)c3C(=O)Nc3ccc(F)c(F)c3)[S+]([O-])N2)C1. The highest BCUT2D eigenvalue weighted by Crippen LogP contribution is 2.41. The van der Waals surface area contributed by atoms with Gasteiger partial charge in [-0.1, -0.05) is 11.6 Å². The van der Waals surface area contributed by atoms with E-state index in [-0.39, 0.29) is 33.8 Å². The molecular weight excluding hydrogens is 426 g/mol. The van der Waals surface area contributed by atoms with Crippen molar-refractivity contribution in [2.45, 2.75) is 16.9 Å². The van der Waals surface area contributed by atoms with Crippen LogP contribution < -0.4 is 14.8 Å². The molecule has 1 fully saturated rings. The third kappa shape index (κ3) is 3.59. The third-order valence-electron chi connectivity index (χ3n) is 5.16. The summed E-state index contributed by atoms with van der Waals surface area (Å²) in [5, 5.41) is 2.60. The highest BCUT2D eigenvalue weighted by molar-refractivity contribution is 7.89. The molecule has 2 aliphatic rings. The first-order valence-corrected chi connectivity index (χ1v) is 10.4. The first kappa shape index (κ1) is 20.4. The molecule has 1 amide bonds. The van der Waals surface area contributed by atoms with E-state index in [4.69, 9.17) is 16.3 Å². The van der Waals surface area contributed by atoms with Gasteiger partial charge in [0.15, 0.2) is 22.5 Å². The van der Waals surface area contributed by atoms with Gasteiger partial charge in [0.1, 0.15) is 12.1 Å². The van der Waals surface area contributed by atoms with Gasteiger partial charge in [-0.2, -0.15) is 0 Å². The zero-order valence-electron chi connectivity index (χ0n) is 15.7. The summed E-state index contributed by atoms with van der Waals surface area (Å²) in [6.07, 6.45) is 0.736. The average molecular weight is 445 g/mol. The quantitative estimate of drug-likeness (QED) is 0.695. The fraction of sp³-hybridized carbons (Fsp3) is 0.389. The monoisotopic (exact) mass is 444 g/mol. The van der Waals surface area contributed by atoms with Gasteiger partial charge in [-0.05, 0) is 25.6 Å². The number of ether oxygens (including phenoxy) is 1. The summed E-state index contributed by atoms with van der Waals surface area (Å²) in [5.74, 6) is -2.62. The van der Waals surface area contributed by atoms with Crippen molar-refractivity contribution in [3.05, 3.63) is 40.7 Å². The number of anilines is 1. The first-order chi connectivity index (χ1) is 13.7. The number of benzene rings is 1. The van der Waals surface area contributed by atoms with Crippen LogP contribution in [-0.4, -0.2) is 52.2 Å². The minimum Gasteiger partial charge on any atom is -0.593 e. The van der Waals surface area contributed by atoms with E-state index in [2.05, 4.69) is 14.9 Å². The van der Waals surface area contributed by atoms with Gasteiger partial charge in [-0.3, -0.25) is 4.79 Å². The molecule has 2 N–H and O–H groups in total. The van der Waals surface area contributed by atoms with E-state index in [0.717, 1.165) is 25.1 Å². The molecule has 156 valence electrons. The molecule has 1 aromatic heterocycles. The lowest BCUT2D eigenvalue weighted by atomic mass is 10.0. The number of carbonyl (C=O) groups excluding carboxylic acids is 1. The number of carbonyl (C=O) groups is 1. The molecule has 2 atom stereocenters. The molecule has 0 saturated carbocycles. The number of rotatable bonds is 2. The lowest BCUT2D eigenvalue weighted by Gasteiger charge is -2.26. The Kier molecular flexibility index (Phi) is 5.24. The minimum atomic E-state index is -1.69. The van der Waals surface area contributed by atoms with E-state index in [0.29, 0.717) is 6.54 Å². The number of amides is 1. The zero-order valence-corrected chi connectivity index (χ0v) is 17.3. The minimum absolute atomic E-state index is 0.0493. The molecule has 2 unspecified atom stereocenters. The highest BCUT2D eigenvalue weighted by Gasteiger charge is 2.47. The van der Waals surface area contributed by atoms with Crippen molar-refractivity contribution >= 4 is 34.6 Å². The summed E-state index contributed by atoms with van der Waals surface area (Å²) in [4.78, 5) is 15.2. The molecule has 2 aromatic rings. The predicted molar refractivity (Wildman–Crippen MR) is 105 cm³/mol. The summed E-state index contributed by atoms with van der Waals surface area (Å²) >= 11 is 4.67. The first-order valence-electron chi connectivity index (χ1n) is 8.86. The van der Waals surface area contributed by atoms with Crippen LogP contribution in [0.25, 0.3) is 0 Å². The fourth-order valence-corrected chi connectivity index (χ4v) is 5.40. The lowest BCUT2D eigenvalue weighted by molar-refractivity contribution is 0.101. The van der Waals surface area contributed by atoms with Crippen molar-refractivity contribution in [1.29, 1.82) is 0 Å². The molecule has 1 saturated heterocycles. The van der Waals surface area contributed by atoms with E-state index in [1.807, 2.05) is 7.05 Å². The topological polar surface area (TPSA) is 81.6 Å². The maximum Gasteiger partial charge on any atom is 0.276 e. The Bertz CT molecular complexity index is 989. The van der Waals surface area contributed by atoms with Gasteiger partial charge < -0.3 is 24.1 Å². The maximum absolute atomic E-state index is 13.5. The number of hydrogen-bond acceptors (Lipinski definition) is 5. The summed E-state index contributed by atoms with van der Waals surface area (Å²) < 4.78 is 50.0. The number of nitrogens with one attached hydrogen (secondary N) is 2. The number of likely N-dealkylation sites (tertiary alicyclic amines) is 1. The number of aromatic nitrogens is 1. The largest absolute Gasteiger partial charge is 0.593 e. The van der Waals surface area contributed by atoms with Crippen LogP contribution >= 0.6 is 11.6 Å². The van der Waals surface area contributed by atoms with Crippen molar-refractivity contribution < 1.29 is 22.9 Å². The molecule has 7 nitrogen and oxygen atoms in total. The third-order valence-corrected chi connectivity index (χ3v) is 7.09. The molecule has 4 rings (SSSR count). The van der Waals surface area contributed by atoms with Crippen molar-refractivity contribution in [3.63, 3.8) is 0 Å². The Morgan fingerprint density at radius 2 is 2.14 bits per heavy atom. The molecule has 29 heavy (non-hydrogen) atoms. The maximum atomic E-state index is 13.5. The van der Waals surface area contributed by atoms with Crippen LogP contribution in [0.5, 0.6) is 5.75 Å². The van der Waals surface area contributed by atoms with Crippen LogP contribution in [0.15, 0.2) is 23.1 Å². The summed E-state index contributed by atoms with van der Waals surface area (Å²) in [6.45, 7) is 1.67. The van der Waals surface area contributed by atoms with Crippen molar-refractivity contribution in [2.24, 2.45) is 7.05 Å². The Morgan fingerprint density at radius 1 is 1.38 bits per heavy atom. The van der Waals surface area contributed by atoms with Gasteiger partial charge in [0.25, 0.3) is 10.8 Å². The van der Waals surface area contributed by atoms with Crippen molar-refractivity contribution in [3.8, 4) is 5.75 Å². The van der Waals surface area contributed by atoms with Gasteiger partial charge in [0.05, 0.1) is 11.4 Å². The van der Waals surface area contributed by atoms with E-state index in [1.165, 1.54) is 17.7 Å². The highest BCUT2D eigenvalue weighted by atomic mass is 35.5. The van der Waals surface area contributed by atoms with Crippen molar-refractivity contribution in [2.75, 3.05) is 32.1 Å². The normalized spacial score (nSPS) is 24.3. The second kappa shape index (κ2) is 7.44. The summed E-state index contributed by atoms with van der Waals surface area (Å²) in [5.41, 5.74) is -0.392. The van der Waals surface area contributed by atoms with Crippen LogP contribution in [0.4, 0.5) is 14.5 Å². The van der Waals surface area contributed by atoms with Gasteiger partial charge in [-0.15, -0.1) is 4.72 Å². The van der Waals surface area contributed by atoms with Gasteiger partial charge >= 0.3 is 0 Å². The number of halogens is 3. The molecule has 0 aliphatic carbocycles. The second-order valence-electron chi connectivity index (χ2n) is 7.37. The molecule has 0 bridgehead atoms. The lowest BCUT2D eigenvalue weighted by Crippen LogP contribution is -2.52. The second-order valence-corrected chi connectivity index (χ2v) is 8.88. The Morgan fingerprint density at radius 3 is 2.79 bits per heavy atom. The molecule has 11 heteroatoms. The van der Waals surface area contributed by atoms with Crippen LogP contribution in [0.3, 0.4) is 0 Å². The summed E-state index contributed by atoms with van der Waals surface area (Å²) in [7, 11) is 3.50. The smallest absolute Gasteiger partial charge is 0.276 e. The average Bonchev–Trinajstić information content (AvgIpc) is 3.09. The van der Waals surface area contributed by atoms with E-state index < -0.39 is 34.4 Å². The molecule has 1 spiro atoms. The standard InChI is InChI=1S/C18H19ClF2N4O3S/c1-24-6-5-18(8-24)9-28-14-13(25(2)16(19)15(14)29(27)23-18)17(26)22-10-3-4-11(20)12(21)7-10/h3-4,7,23H,5-6,8-9H2,1-2H3,(H,22,26). The van der Waals surface area contributed by atoms with Gasteiger partial charge in [0.2, 0.25) is 5.75 Å². The van der Waals surface area contributed by atoms with Crippen LogP contribution in [0.1, 0.15) is 16.9 Å². The molecule has 0 radical (unpaired) electrons. The Hall–Kier alpha value is -1.85. The van der Waals surface area contributed by atoms with Gasteiger partial charge in [-0.25, -0.2) is 8.78 Å². The molecule has 2 aliphatic heterocycles. The molecular formula is C18H19ClF2N4O3S. The number of likely N-dealkylation sites (N-methyl/N-ethyl adjacent to an activating group) is 1. The molecule has 3 heterocycles. The van der Waals surface area contributed by atoms with Gasteiger partial charge in [0, 0.05) is 31.9 Å². The number of nitrogens with zero attached hydrogens (tertiary/aromatic N) is 2. The summed E-state index contributed by atoms with van der Waals surface area (Å²) in [6, 6.07) is 3.03. The zero-order chi connectivity index (χ0) is 20.9. The van der Waals surface area contributed by atoms with Crippen molar-refractivity contribution in [1.82, 2.24) is 14.2 Å². The van der Waals surface area contributed by atoms with E-state index >= 15 is 0 Å². The number of fused-ring (bicyclic) bond motifs is 1. The van der Waals surface area contributed by atoms with E-state index in [9.17, 15) is 18.1 Å². The predicted octanol–water partition coefficient (Wildman–Crippen LogP) is 2.29.